The molecule has 1 aromatic carbocycles. The number of nitrogens with zero attached hydrogens (tertiary/aromatic N) is 2. The van der Waals surface area contributed by atoms with Crippen LogP contribution >= 0.6 is 22.9 Å². The molecule has 160 valence electrons. The van der Waals surface area contributed by atoms with E-state index in [1.165, 1.54) is 6.92 Å². The highest BCUT2D eigenvalue weighted by Gasteiger charge is 2.29. The van der Waals surface area contributed by atoms with Gasteiger partial charge in [0.25, 0.3) is 5.56 Å². The Morgan fingerprint density at radius 3 is 2.43 bits per heavy atom. The Bertz CT molecular complexity index is 1240. The second-order valence-corrected chi connectivity index (χ2v) is 8.05. The lowest BCUT2D eigenvalue weighted by atomic mass is 10.1. The highest BCUT2D eigenvalue weighted by atomic mass is 35.5. The number of rotatable bonds is 6. The number of aryl methyl sites for hydroxylation is 3. The third kappa shape index (κ3) is 4.29. The third-order valence-corrected chi connectivity index (χ3v) is 6.34. The summed E-state index contributed by atoms with van der Waals surface area (Å²) in [6, 6.07) is 6.81. The summed E-state index contributed by atoms with van der Waals surface area (Å²) in [6.07, 6.45) is -5.61. The van der Waals surface area contributed by atoms with Crippen molar-refractivity contribution in [1.29, 1.82) is 0 Å². The Labute approximate surface area is 176 Å². The predicted octanol–water partition coefficient (Wildman–Crippen LogP) is 4.08. The van der Waals surface area contributed by atoms with Crippen LogP contribution in [-0.2, 0) is 19.5 Å². The van der Waals surface area contributed by atoms with Gasteiger partial charge in [0.05, 0.1) is 11.8 Å². The topological polar surface area (TPSA) is 81.3 Å². The van der Waals surface area contributed by atoms with Crippen LogP contribution in [0, 0.1) is 6.92 Å². The van der Waals surface area contributed by atoms with Crippen LogP contribution in [0.5, 0.6) is 0 Å². The maximum atomic E-state index is 13.0. The molecule has 0 fully saturated rings. The van der Waals surface area contributed by atoms with E-state index >= 15 is 0 Å². The van der Waals surface area contributed by atoms with Crippen LogP contribution in [0.3, 0.4) is 0 Å². The minimum absolute atomic E-state index is 0.0571. The van der Waals surface area contributed by atoms with Gasteiger partial charge >= 0.3 is 17.8 Å². The second-order valence-electron chi connectivity index (χ2n) is 6.64. The van der Waals surface area contributed by atoms with E-state index in [0.717, 1.165) is 9.13 Å². The van der Waals surface area contributed by atoms with Gasteiger partial charge in [-0.05, 0) is 30.5 Å². The molecule has 11 heteroatoms. The zero-order valence-electron chi connectivity index (χ0n) is 15.6. The average molecular weight is 461 g/mol. The van der Waals surface area contributed by atoms with E-state index < -0.39 is 36.4 Å². The molecule has 0 saturated carbocycles. The zero-order chi connectivity index (χ0) is 22.2. The molecular weight excluding hydrogens is 445 g/mol. The highest BCUT2D eigenvalue weighted by Crippen LogP contribution is 2.29. The number of aromatic nitrogens is 2. The summed E-state index contributed by atoms with van der Waals surface area (Å²) >= 11 is 6.73. The standard InChI is InChI=1S/C19H16ClF3N2O4S/c1-10-13-15(26)24(8-6-11-4-2-3-5-12(11)20)18(29)25(9-7-19(21,22)23)16(13)30-14(10)17(27)28/h2-5H,6-9H2,1H3,(H,27,28). The molecule has 6 nitrogen and oxygen atoms in total. The fourth-order valence-corrected chi connectivity index (χ4v) is 4.55. The van der Waals surface area contributed by atoms with Crippen molar-refractivity contribution >= 4 is 39.1 Å². The molecule has 3 aromatic rings. The van der Waals surface area contributed by atoms with Crippen LogP contribution in [0.1, 0.15) is 27.2 Å². The van der Waals surface area contributed by atoms with Gasteiger partial charge in [-0.3, -0.25) is 13.9 Å². The van der Waals surface area contributed by atoms with Crippen molar-refractivity contribution < 1.29 is 23.1 Å². The van der Waals surface area contributed by atoms with Crippen molar-refractivity contribution in [2.75, 3.05) is 0 Å². The third-order valence-electron chi connectivity index (χ3n) is 4.67. The first-order valence-electron chi connectivity index (χ1n) is 8.81. The number of benzene rings is 1. The number of carbonyl (C=O) groups is 1. The van der Waals surface area contributed by atoms with Gasteiger partial charge in [0.2, 0.25) is 0 Å². The largest absolute Gasteiger partial charge is 0.477 e. The summed E-state index contributed by atoms with van der Waals surface area (Å²) in [5, 5.41) is 9.73. The smallest absolute Gasteiger partial charge is 0.390 e. The molecule has 0 aliphatic heterocycles. The number of alkyl halides is 3. The Balaban J connectivity index is 2.18. The molecule has 30 heavy (non-hydrogen) atoms. The van der Waals surface area contributed by atoms with Crippen molar-refractivity contribution in [3.05, 3.63) is 66.1 Å². The SMILES string of the molecule is Cc1c(C(=O)O)sc2c1c(=O)n(CCc1ccccc1Cl)c(=O)n2CCC(F)(F)F. The van der Waals surface area contributed by atoms with Crippen molar-refractivity contribution in [2.24, 2.45) is 0 Å². The Hall–Kier alpha value is -2.59. The predicted molar refractivity (Wildman–Crippen MR) is 108 cm³/mol. The molecule has 0 radical (unpaired) electrons. The molecule has 0 unspecified atom stereocenters. The van der Waals surface area contributed by atoms with Gasteiger partial charge < -0.3 is 5.11 Å². The summed E-state index contributed by atoms with van der Waals surface area (Å²) in [4.78, 5) is 37.1. The number of carboxylic acids is 1. The van der Waals surface area contributed by atoms with Crippen molar-refractivity contribution in [1.82, 2.24) is 9.13 Å². The van der Waals surface area contributed by atoms with E-state index in [4.69, 9.17) is 11.6 Å². The first kappa shape index (κ1) is 22.1. The number of fused-ring (bicyclic) bond motifs is 1. The molecule has 3 rings (SSSR count). The number of halogens is 4. The number of thiophene rings is 1. The molecule has 0 bridgehead atoms. The first-order valence-corrected chi connectivity index (χ1v) is 10.0. The molecule has 1 N–H and O–H groups in total. The lowest BCUT2D eigenvalue weighted by Crippen LogP contribution is -2.40. The maximum absolute atomic E-state index is 13.0. The fraction of sp³-hybridized carbons (Fsp3) is 0.316. The summed E-state index contributed by atoms with van der Waals surface area (Å²) in [6.45, 7) is 0.575. The van der Waals surface area contributed by atoms with Gasteiger partial charge in [-0.2, -0.15) is 13.2 Å². The average Bonchev–Trinajstić information content (AvgIpc) is 2.99. The van der Waals surface area contributed by atoms with E-state index in [-0.39, 0.29) is 33.6 Å². The van der Waals surface area contributed by atoms with E-state index in [1.54, 1.807) is 24.3 Å². The van der Waals surface area contributed by atoms with Gasteiger partial charge in [-0.1, -0.05) is 29.8 Å². The van der Waals surface area contributed by atoms with E-state index in [1.807, 2.05) is 0 Å². The van der Waals surface area contributed by atoms with Crippen molar-refractivity contribution in [2.45, 2.75) is 39.0 Å². The van der Waals surface area contributed by atoms with Crippen LogP contribution in [0.15, 0.2) is 33.9 Å². The molecule has 0 amide bonds. The number of hydrogen-bond donors (Lipinski definition) is 1. The van der Waals surface area contributed by atoms with Gasteiger partial charge in [-0.25, -0.2) is 9.59 Å². The number of aromatic carboxylic acids is 1. The molecule has 0 aliphatic carbocycles. The fourth-order valence-electron chi connectivity index (χ4n) is 3.16. The molecule has 2 heterocycles. The van der Waals surface area contributed by atoms with Gasteiger partial charge in [0.15, 0.2) is 0 Å². The van der Waals surface area contributed by atoms with Crippen LogP contribution in [0.25, 0.3) is 10.2 Å². The Kier molecular flexibility index (Phi) is 6.09. The van der Waals surface area contributed by atoms with Crippen LogP contribution in [0.2, 0.25) is 5.02 Å². The summed E-state index contributed by atoms with van der Waals surface area (Å²) < 4.78 is 40.0. The van der Waals surface area contributed by atoms with E-state index in [9.17, 15) is 32.7 Å². The first-order chi connectivity index (χ1) is 14.0. The van der Waals surface area contributed by atoms with Crippen LogP contribution in [0.4, 0.5) is 13.2 Å². The summed E-state index contributed by atoms with van der Waals surface area (Å²) in [5.41, 5.74) is -0.853. The molecule has 0 atom stereocenters. The van der Waals surface area contributed by atoms with Crippen LogP contribution < -0.4 is 11.2 Å². The van der Waals surface area contributed by atoms with Gasteiger partial charge in [0.1, 0.15) is 9.71 Å². The van der Waals surface area contributed by atoms with Gasteiger partial charge in [0, 0.05) is 18.1 Å². The summed E-state index contributed by atoms with van der Waals surface area (Å²) in [7, 11) is 0. The highest BCUT2D eigenvalue weighted by molar-refractivity contribution is 7.20. The minimum Gasteiger partial charge on any atom is -0.477 e. The number of hydrogen-bond acceptors (Lipinski definition) is 4. The van der Waals surface area contributed by atoms with Gasteiger partial charge in [-0.15, -0.1) is 11.3 Å². The monoisotopic (exact) mass is 460 g/mol. The van der Waals surface area contributed by atoms with E-state index in [0.29, 0.717) is 21.9 Å². The molecule has 0 spiro atoms. The van der Waals surface area contributed by atoms with Crippen molar-refractivity contribution in [3.63, 3.8) is 0 Å². The molecular formula is C19H16ClF3N2O4S. The quantitative estimate of drug-likeness (QED) is 0.601. The lowest BCUT2D eigenvalue weighted by molar-refractivity contribution is -0.136. The Morgan fingerprint density at radius 2 is 1.83 bits per heavy atom. The lowest BCUT2D eigenvalue weighted by Gasteiger charge is -2.13. The molecule has 0 aliphatic rings. The number of carboxylic acid groups (broad SMARTS) is 1. The second kappa shape index (κ2) is 8.27. The van der Waals surface area contributed by atoms with Crippen LogP contribution in [-0.4, -0.2) is 26.4 Å². The van der Waals surface area contributed by atoms with E-state index in [2.05, 4.69) is 0 Å². The zero-order valence-corrected chi connectivity index (χ0v) is 17.2. The maximum Gasteiger partial charge on any atom is 0.390 e. The van der Waals surface area contributed by atoms with Crippen molar-refractivity contribution in [3.8, 4) is 0 Å². The Morgan fingerprint density at radius 1 is 1.17 bits per heavy atom. The molecule has 2 aromatic heterocycles. The molecule has 0 saturated heterocycles. The normalized spacial score (nSPS) is 11.9. The summed E-state index contributed by atoms with van der Waals surface area (Å²) in [5.74, 6) is -1.31. The minimum atomic E-state index is -4.52.